The molecule has 1 unspecified atom stereocenters. The fraction of sp³-hybridized carbons (Fsp3) is 0.944. The number of carbonyl (C=O) groups excluding carboxylic acids is 1. The molecule has 1 saturated heterocycles. The van der Waals surface area contributed by atoms with Crippen LogP contribution in [0.2, 0.25) is 0 Å². The highest BCUT2D eigenvalue weighted by Gasteiger charge is 2.53. The minimum atomic E-state index is -4.28. The lowest BCUT2D eigenvalue weighted by molar-refractivity contribution is -0.198. The number of amides is 1. The summed E-state index contributed by atoms with van der Waals surface area (Å²) in [4.78, 5) is 13.9. The Labute approximate surface area is 135 Å². The zero-order valence-electron chi connectivity index (χ0n) is 13.6. The number of likely N-dealkylation sites (tertiary alicyclic amines) is 1. The Hall–Kier alpha value is -0.740. The zero-order chi connectivity index (χ0) is 16.2. The molecule has 0 N–H and O–H groups in total. The molecule has 5 rings (SSSR count). The second kappa shape index (κ2) is 5.38. The Morgan fingerprint density at radius 3 is 2.09 bits per heavy atom. The van der Waals surface area contributed by atoms with Crippen molar-refractivity contribution in [1.82, 2.24) is 4.90 Å². The number of hydrogen-bond donors (Lipinski definition) is 0. The van der Waals surface area contributed by atoms with Crippen LogP contribution in [-0.2, 0) is 4.79 Å². The van der Waals surface area contributed by atoms with Crippen molar-refractivity contribution < 1.29 is 18.0 Å². The minimum Gasteiger partial charge on any atom is -0.331 e. The van der Waals surface area contributed by atoms with Crippen molar-refractivity contribution in [2.75, 3.05) is 6.54 Å². The maximum Gasteiger partial charge on any atom is 0.408 e. The van der Waals surface area contributed by atoms with Gasteiger partial charge in [-0.25, -0.2) is 0 Å². The normalized spacial score (nSPS) is 43.0. The van der Waals surface area contributed by atoms with Gasteiger partial charge in [0.2, 0.25) is 5.91 Å². The molecule has 0 radical (unpaired) electrons. The first-order valence-electron chi connectivity index (χ1n) is 9.21. The van der Waals surface area contributed by atoms with Gasteiger partial charge in [-0.05, 0) is 81.0 Å². The van der Waals surface area contributed by atoms with Crippen molar-refractivity contribution in [3.63, 3.8) is 0 Å². The van der Waals surface area contributed by atoms with Crippen molar-refractivity contribution in [2.24, 2.45) is 23.2 Å². The molecule has 2 nitrogen and oxygen atoms in total. The molecule has 1 amide bonds. The monoisotopic (exact) mass is 329 g/mol. The van der Waals surface area contributed by atoms with Gasteiger partial charge in [0.15, 0.2) is 0 Å². The molecule has 5 aliphatic rings. The van der Waals surface area contributed by atoms with Crippen molar-refractivity contribution in [3.8, 4) is 0 Å². The first-order valence-corrected chi connectivity index (χ1v) is 9.21. The van der Waals surface area contributed by atoms with Crippen LogP contribution < -0.4 is 0 Å². The molecule has 0 spiro atoms. The maximum absolute atomic E-state index is 13.3. The van der Waals surface area contributed by atoms with Crippen LogP contribution in [0, 0.1) is 23.2 Å². The van der Waals surface area contributed by atoms with E-state index in [-0.39, 0.29) is 24.3 Å². The summed E-state index contributed by atoms with van der Waals surface area (Å²) in [7, 11) is 0. The van der Waals surface area contributed by atoms with Gasteiger partial charge in [0.05, 0.1) is 0 Å². The van der Waals surface area contributed by atoms with Crippen molar-refractivity contribution in [3.05, 3.63) is 0 Å². The topological polar surface area (TPSA) is 20.3 Å². The Morgan fingerprint density at radius 1 is 1.00 bits per heavy atom. The van der Waals surface area contributed by atoms with E-state index >= 15 is 0 Å². The first-order chi connectivity index (χ1) is 10.8. The molecule has 1 aliphatic heterocycles. The predicted molar refractivity (Wildman–Crippen MR) is 80.6 cm³/mol. The quantitative estimate of drug-likeness (QED) is 0.728. The second-order valence-electron chi connectivity index (χ2n) is 8.73. The molecule has 23 heavy (non-hydrogen) atoms. The molecule has 4 saturated carbocycles. The highest BCUT2D eigenvalue weighted by molar-refractivity contribution is 5.77. The van der Waals surface area contributed by atoms with Gasteiger partial charge in [0.1, 0.15) is 6.04 Å². The number of nitrogens with zero attached hydrogens (tertiary/aromatic N) is 1. The highest BCUT2D eigenvalue weighted by atomic mass is 19.4. The summed E-state index contributed by atoms with van der Waals surface area (Å²) in [6.45, 7) is 0.287. The van der Waals surface area contributed by atoms with Crippen LogP contribution in [0.15, 0.2) is 0 Å². The molecule has 4 bridgehead atoms. The molecule has 4 aliphatic carbocycles. The minimum absolute atomic E-state index is 0.0272. The van der Waals surface area contributed by atoms with E-state index in [2.05, 4.69) is 0 Å². The van der Waals surface area contributed by atoms with Crippen LogP contribution in [0.3, 0.4) is 0 Å². The Balaban J connectivity index is 1.49. The van der Waals surface area contributed by atoms with Crippen LogP contribution in [0.5, 0.6) is 0 Å². The molecule has 5 fully saturated rings. The molecule has 0 aromatic heterocycles. The maximum atomic E-state index is 13.3. The van der Waals surface area contributed by atoms with Crippen LogP contribution in [0.25, 0.3) is 0 Å². The van der Waals surface area contributed by atoms with Gasteiger partial charge in [0, 0.05) is 13.0 Å². The number of rotatable bonds is 2. The Morgan fingerprint density at radius 2 is 1.57 bits per heavy atom. The van der Waals surface area contributed by atoms with Crippen LogP contribution in [-0.4, -0.2) is 29.6 Å². The van der Waals surface area contributed by atoms with Gasteiger partial charge in [-0.3, -0.25) is 4.79 Å². The summed E-state index contributed by atoms with van der Waals surface area (Å²) < 4.78 is 39.8. The third-order valence-corrected chi connectivity index (χ3v) is 6.89. The van der Waals surface area contributed by atoms with Gasteiger partial charge in [0.25, 0.3) is 0 Å². The van der Waals surface area contributed by atoms with Crippen molar-refractivity contribution in [2.45, 2.75) is 76.4 Å². The lowest BCUT2D eigenvalue weighted by atomic mass is 9.49. The van der Waals surface area contributed by atoms with E-state index in [1.165, 1.54) is 24.2 Å². The average Bonchev–Trinajstić information content (AvgIpc) is 2.44. The summed E-state index contributed by atoms with van der Waals surface area (Å²) in [6.07, 6.45) is 4.56. The zero-order valence-corrected chi connectivity index (χ0v) is 13.6. The van der Waals surface area contributed by atoms with Gasteiger partial charge in [-0.2, -0.15) is 13.2 Å². The smallest absolute Gasteiger partial charge is 0.331 e. The molecule has 0 aromatic carbocycles. The fourth-order valence-electron chi connectivity index (χ4n) is 6.50. The van der Waals surface area contributed by atoms with E-state index in [1.807, 2.05) is 0 Å². The summed E-state index contributed by atoms with van der Waals surface area (Å²) in [5, 5.41) is 0. The third kappa shape index (κ3) is 2.89. The number of halogens is 3. The summed E-state index contributed by atoms with van der Waals surface area (Å²) in [6, 6.07) is -1.54. The average molecular weight is 329 g/mol. The fourth-order valence-corrected chi connectivity index (χ4v) is 6.50. The SMILES string of the molecule is O=C(CC12CC3CC(CC(C3)C1)C2)N1CCCCC1C(F)(F)F. The Bertz CT molecular complexity index is 452. The lowest BCUT2D eigenvalue weighted by Crippen LogP contribution is -2.54. The molecule has 130 valence electrons. The van der Waals surface area contributed by atoms with E-state index in [9.17, 15) is 18.0 Å². The largest absolute Gasteiger partial charge is 0.408 e. The second-order valence-corrected chi connectivity index (χ2v) is 8.73. The van der Waals surface area contributed by atoms with Gasteiger partial charge < -0.3 is 4.90 Å². The van der Waals surface area contributed by atoms with E-state index in [0.717, 1.165) is 37.0 Å². The van der Waals surface area contributed by atoms with Gasteiger partial charge >= 0.3 is 6.18 Å². The summed E-state index contributed by atoms with van der Waals surface area (Å²) >= 11 is 0. The van der Waals surface area contributed by atoms with Crippen LogP contribution >= 0.6 is 0 Å². The molecular weight excluding hydrogens is 303 g/mol. The summed E-state index contributed by atoms with van der Waals surface area (Å²) in [5.74, 6) is 1.96. The van der Waals surface area contributed by atoms with Gasteiger partial charge in [-0.15, -0.1) is 0 Å². The van der Waals surface area contributed by atoms with Crippen molar-refractivity contribution >= 4 is 5.91 Å². The third-order valence-electron chi connectivity index (χ3n) is 6.89. The van der Waals surface area contributed by atoms with Gasteiger partial charge in [-0.1, -0.05) is 0 Å². The standard InChI is InChI=1S/C18H26F3NO/c19-18(20,21)15-3-1-2-4-22(15)16(23)11-17-8-12-5-13(9-17)7-14(6-12)10-17/h12-15H,1-11H2. The van der Waals surface area contributed by atoms with Crippen LogP contribution in [0.4, 0.5) is 13.2 Å². The number of alkyl halides is 3. The molecule has 0 aromatic rings. The number of piperidine rings is 1. The van der Waals surface area contributed by atoms with E-state index in [1.54, 1.807) is 0 Å². The van der Waals surface area contributed by atoms with E-state index < -0.39 is 12.2 Å². The first kappa shape index (κ1) is 15.8. The molecule has 5 heteroatoms. The molecule has 1 atom stereocenters. The predicted octanol–water partition coefficient (Wildman–Crippen LogP) is 4.54. The van der Waals surface area contributed by atoms with Crippen LogP contribution in [0.1, 0.15) is 64.2 Å². The lowest BCUT2D eigenvalue weighted by Gasteiger charge is -2.57. The Kier molecular flexibility index (Phi) is 3.69. The summed E-state index contributed by atoms with van der Waals surface area (Å²) in [5.41, 5.74) is 0.0272. The highest BCUT2D eigenvalue weighted by Crippen LogP contribution is 2.61. The van der Waals surface area contributed by atoms with E-state index in [0.29, 0.717) is 19.3 Å². The number of hydrogen-bond acceptors (Lipinski definition) is 1. The number of carbonyl (C=O) groups is 1. The van der Waals surface area contributed by atoms with Crippen molar-refractivity contribution in [1.29, 1.82) is 0 Å². The molecule has 1 heterocycles. The van der Waals surface area contributed by atoms with E-state index in [4.69, 9.17) is 0 Å². The molecular formula is C18H26F3NO.